The SMILES string of the molecule is C=C1[C@H](OC(=O)/C=C(\C)CC)C[C@@H](C(C)CCCOC(C)=O)[C@@H]2CC(=O)C[C@@H]12. The summed E-state index contributed by atoms with van der Waals surface area (Å²) in [5.74, 6) is 0.745. The van der Waals surface area contributed by atoms with Gasteiger partial charge in [-0.2, -0.15) is 0 Å². The lowest BCUT2D eigenvalue weighted by molar-refractivity contribution is -0.144. The number of carbonyl (C=O) groups excluding carboxylic acids is 3. The van der Waals surface area contributed by atoms with Crippen molar-refractivity contribution in [2.75, 3.05) is 6.61 Å². The summed E-state index contributed by atoms with van der Waals surface area (Å²) in [6.07, 6.45) is 5.56. The Labute approximate surface area is 168 Å². The molecule has 156 valence electrons. The van der Waals surface area contributed by atoms with Gasteiger partial charge in [0.15, 0.2) is 0 Å². The predicted molar refractivity (Wildman–Crippen MR) is 107 cm³/mol. The molecule has 0 radical (unpaired) electrons. The average molecular weight is 391 g/mol. The van der Waals surface area contributed by atoms with Crippen LogP contribution in [-0.4, -0.2) is 30.4 Å². The molecule has 0 bridgehead atoms. The largest absolute Gasteiger partial charge is 0.466 e. The van der Waals surface area contributed by atoms with Gasteiger partial charge in [0.2, 0.25) is 0 Å². The number of ether oxygens (including phenoxy) is 2. The van der Waals surface area contributed by atoms with Crippen molar-refractivity contribution in [3.63, 3.8) is 0 Å². The molecule has 2 rings (SSSR count). The number of ketones is 1. The molecule has 0 aliphatic heterocycles. The topological polar surface area (TPSA) is 69.7 Å². The van der Waals surface area contributed by atoms with Crippen molar-refractivity contribution in [1.29, 1.82) is 0 Å². The zero-order valence-corrected chi connectivity index (χ0v) is 17.7. The molecule has 0 aromatic rings. The molecule has 2 aliphatic carbocycles. The summed E-state index contributed by atoms with van der Waals surface area (Å²) >= 11 is 0. The van der Waals surface area contributed by atoms with Crippen LogP contribution in [0.1, 0.15) is 66.2 Å². The zero-order valence-electron chi connectivity index (χ0n) is 17.7. The fourth-order valence-corrected chi connectivity index (χ4v) is 4.64. The Morgan fingerprint density at radius 1 is 1.29 bits per heavy atom. The Morgan fingerprint density at radius 3 is 2.64 bits per heavy atom. The first kappa shape index (κ1) is 22.4. The van der Waals surface area contributed by atoms with E-state index in [1.54, 1.807) is 6.08 Å². The smallest absolute Gasteiger partial charge is 0.331 e. The van der Waals surface area contributed by atoms with Crippen molar-refractivity contribution in [2.24, 2.45) is 23.7 Å². The monoisotopic (exact) mass is 390 g/mol. The second-order valence-corrected chi connectivity index (χ2v) is 8.42. The molecular weight excluding hydrogens is 356 g/mol. The van der Waals surface area contributed by atoms with Crippen LogP contribution in [0.25, 0.3) is 0 Å². The summed E-state index contributed by atoms with van der Waals surface area (Å²) in [5.41, 5.74) is 1.88. The van der Waals surface area contributed by atoms with E-state index in [2.05, 4.69) is 13.5 Å². The molecule has 2 saturated carbocycles. The number of rotatable bonds is 8. The van der Waals surface area contributed by atoms with Crippen molar-refractivity contribution in [2.45, 2.75) is 72.3 Å². The maximum atomic E-state index is 12.3. The van der Waals surface area contributed by atoms with Crippen LogP contribution in [-0.2, 0) is 23.9 Å². The Morgan fingerprint density at radius 2 is 2.00 bits per heavy atom. The maximum absolute atomic E-state index is 12.3. The number of fused-ring (bicyclic) bond motifs is 1. The Bertz CT molecular complexity index is 647. The Kier molecular flexibility index (Phi) is 8.02. The molecule has 0 spiro atoms. The second kappa shape index (κ2) is 10.0. The quantitative estimate of drug-likeness (QED) is 0.266. The summed E-state index contributed by atoms with van der Waals surface area (Å²) in [4.78, 5) is 35.4. The number of esters is 2. The fraction of sp³-hybridized carbons (Fsp3) is 0.696. The van der Waals surface area contributed by atoms with Crippen molar-refractivity contribution >= 4 is 17.7 Å². The minimum absolute atomic E-state index is 0.108. The summed E-state index contributed by atoms with van der Waals surface area (Å²) in [5, 5.41) is 0. The minimum Gasteiger partial charge on any atom is -0.466 e. The zero-order chi connectivity index (χ0) is 20.8. The predicted octanol–water partition coefficient (Wildman–Crippen LogP) is 4.41. The Hall–Kier alpha value is -1.91. The van der Waals surface area contributed by atoms with Gasteiger partial charge in [-0.25, -0.2) is 4.79 Å². The van der Waals surface area contributed by atoms with Crippen LogP contribution < -0.4 is 0 Å². The van der Waals surface area contributed by atoms with Crippen LogP contribution >= 0.6 is 0 Å². The van der Waals surface area contributed by atoms with Crippen LogP contribution in [0.2, 0.25) is 0 Å². The minimum atomic E-state index is -0.332. The molecule has 0 N–H and O–H groups in total. The van der Waals surface area contributed by atoms with Gasteiger partial charge in [-0.1, -0.05) is 26.0 Å². The fourth-order valence-electron chi connectivity index (χ4n) is 4.64. The highest BCUT2D eigenvalue weighted by Crippen LogP contribution is 2.50. The number of carbonyl (C=O) groups is 3. The standard InChI is InChI=1S/C23H34O5/c1-6-14(2)10-23(26)28-22-13-19(15(3)8-7-9-27-17(5)24)21-12-18(25)11-20(21)16(22)4/h10,15,19-22H,4,6-9,11-13H2,1-3,5H3/b14-10+/t15?,19-,20-,21-,22+/m0/s1. The molecule has 0 amide bonds. The van der Waals surface area contributed by atoms with Gasteiger partial charge in [-0.3, -0.25) is 9.59 Å². The lowest BCUT2D eigenvalue weighted by Crippen LogP contribution is -2.39. The first-order chi connectivity index (χ1) is 13.2. The maximum Gasteiger partial charge on any atom is 0.331 e. The third kappa shape index (κ3) is 5.79. The van der Waals surface area contributed by atoms with Crippen molar-refractivity contribution in [1.82, 2.24) is 0 Å². The average Bonchev–Trinajstić information content (AvgIpc) is 3.02. The molecule has 28 heavy (non-hydrogen) atoms. The van der Waals surface area contributed by atoms with Crippen LogP contribution in [0.5, 0.6) is 0 Å². The van der Waals surface area contributed by atoms with Crippen LogP contribution in [0.4, 0.5) is 0 Å². The highest BCUT2D eigenvalue weighted by atomic mass is 16.5. The van der Waals surface area contributed by atoms with Gasteiger partial charge in [0.05, 0.1) is 6.61 Å². The normalized spacial score (nSPS) is 28.6. The van der Waals surface area contributed by atoms with E-state index >= 15 is 0 Å². The molecule has 0 heterocycles. The lowest BCUT2D eigenvalue weighted by Gasteiger charge is -2.42. The number of hydrogen-bond donors (Lipinski definition) is 0. The van der Waals surface area contributed by atoms with Crippen LogP contribution in [0.15, 0.2) is 23.8 Å². The van der Waals surface area contributed by atoms with E-state index in [1.165, 1.54) is 6.92 Å². The highest BCUT2D eigenvalue weighted by Gasteiger charge is 2.48. The van der Waals surface area contributed by atoms with Gasteiger partial charge in [0, 0.05) is 25.8 Å². The summed E-state index contributed by atoms with van der Waals surface area (Å²) < 4.78 is 10.8. The first-order valence-corrected chi connectivity index (χ1v) is 10.4. The van der Waals surface area contributed by atoms with Crippen molar-refractivity contribution in [3.05, 3.63) is 23.8 Å². The second-order valence-electron chi connectivity index (χ2n) is 8.42. The van der Waals surface area contributed by atoms with Gasteiger partial charge >= 0.3 is 11.9 Å². The van der Waals surface area contributed by atoms with Gasteiger partial charge < -0.3 is 9.47 Å². The molecule has 0 aromatic heterocycles. The Balaban J connectivity index is 2.06. The van der Waals surface area contributed by atoms with Gasteiger partial charge in [-0.05, 0) is 61.9 Å². The van der Waals surface area contributed by atoms with E-state index in [4.69, 9.17) is 9.47 Å². The van der Waals surface area contributed by atoms with Crippen LogP contribution in [0, 0.1) is 23.7 Å². The van der Waals surface area contributed by atoms with Crippen LogP contribution in [0.3, 0.4) is 0 Å². The third-order valence-electron chi connectivity index (χ3n) is 6.37. The molecular formula is C23H34O5. The van der Waals surface area contributed by atoms with E-state index in [-0.39, 0.29) is 35.7 Å². The summed E-state index contributed by atoms with van der Waals surface area (Å²) in [7, 11) is 0. The van der Waals surface area contributed by atoms with E-state index in [1.807, 2.05) is 13.8 Å². The lowest BCUT2D eigenvalue weighted by atomic mass is 9.65. The van der Waals surface area contributed by atoms with Crippen molar-refractivity contribution < 1.29 is 23.9 Å². The molecule has 0 aromatic carbocycles. The van der Waals surface area contributed by atoms with E-state index in [9.17, 15) is 14.4 Å². The number of allylic oxidation sites excluding steroid dienone is 1. The van der Waals surface area contributed by atoms with E-state index in [0.29, 0.717) is 37.7 Å². The van der Waals surface area contributed by atoms with Crippen molar-refractivity contribution in [3.8, 4) is 0 Å². The number of hydrogen-bond acceptors (Lipinski definition) is 5. The van der Waals surface area contributed by atoms with E-state index < -0.39 is 0 Å². The summed E-state index contributed by atoms with van der Waals surface area (Å²) in [6, 6.07) is 0. The van der Waals surface area contributed by atoms with Gasteiger partial charge in [0.1, 0.15) is 11.9 Å². The first-order valence-electron chi connectivity index (χ1n) is 10.4. The summed E-state index contributed by atoms with van der Waals surface area (Å²) in [6.45, 7) is 12.1. The molecule has 0 saturated heterocycles. The molecule has 2 aliphatic rings. The number of Topliss-reactive ketones (excluding diaryl/α,β-unsaturated/α-hetero) is 1. The molecule has 2 fully saturated rings. The highest BCUT2D eigenvalue weighted by molar-refractivity contribution is 5.83. The van der Waals surface area contributed by atoms with E-state index in [0.717, 1.165) is 30.4 Å². The third-order valence-corrected chi connectivity index (χ3v) is 6.37. The van der Waals surface area contributed by atoms with Gasteiger partial charge in [-0.15, -0.1) is 0 Å². The molecule has 5 atom stereocenters. The molecule has 1 unspecified atom stereocenters. The molecule has 5 heteroatoms. The van der Waals surface area contributed by atoms with Gasteiger partial charge in [0.25, 0.3) is 0 Å². The molecule has 5 nitrogen and oxygen atoms in total.